The fraction of sp³-hybridized carbons (Fsp3) is 0.586. The third-order valence-corrected chi connectivity index (χ3v) is 6.25. The van der Waals surface area contributed by atoms with Crippen molar-refractivity contribution in [1.82, 2.24) is 15.5 Å². The van der Waals surface area contributed by atoms with E-state index in [9.17, 15) is 9.90 Å². The van der Waals surface area contributed by atoms with Gasteiger partial charge in [-0.2, -0.15) is 0 Å². The molecule has 0 fully saturated rings. The molecule has 2 aromatic rings. The third kappa shape index (κ3) is 11.1. The van der Waals surface area contributed by atoms with E-state index in [4.69, 9.17) is 9.53 Å². The molecule has 0 bridgehead atoms. The summed E-state index contributed by atoms with van der Waals surface area (Å²) in [5, 5.41) is 26.3. The molecule has 9 heteroatoms. The largest absolute Gasteiger partial charge is 0.508 e. The van der Waals surface area contributed by atoms with Crippen LogP contribution < -0.4 is 16.4 Å². The molecule has 3 rings (SSSR count). The number of amides is 1. The molecule has 0 saturated carbocycles. The quantitative estimate of drug-likeness (QED) is 0.238. The van der Waals surface area contributed by atoms with E-state index >= 15 is 0 Å². The highest BCUT2D eigenvalue weighted by Crippen LogP contribution is 2.34. The predicted octanol–water partition coefficient (Wildman–Crippen LogP) is 4.89. The van der Waals surface area contributed by atoms with E-state index in [2.05, 4.69) is 40.4 Å². The molecule has 212 valence electrons. The monoisotopic (exact) mass is 529 g/mol. The average Bonchev–Trinajstić information content (AvgIpc) is 2.99. The normalized spacial score (nSPS) is 12.9. The Labute approximate surface area is 228 Å². The Hall–Kier alpha value is -3.04. The van der Waals surface area contributed by atoms with Gasteiger partial charge >= 0.3 is 0 Å². The number of carbonyl (C=O) groups excluding carboxylic acids is 2. The Morgan fingerprint density at radius 2 is 1.92 bits per heavy atom. The molecular weight excluding hydrogens is 482 g/mol. The van der Waals surface area contributed by atoms with Crippen LogP contribution in [0.25, 0.3) is 11.3 Å². The van der Waals surface area contributed by atoms with Crippen molar-refractivity contribution >= 4 is 18.5 Å². The number of hydrogen-bond donors (Lipinski definition) is 4. The number of nitrogens with zero attached hydrogens (tertiary/aromatic N) is 2. The van der Waals surface area contributed by atoms with Crippen molar-refractivity contribution < 1.29 is 19.4 Å². The third-order valence-electron chi connectivity index (χ3n) is 6.25. The number of anilines is 1. The Bertz CT molecular complexity index is 955. The summed E-state index contributed by atoms with van der Waals surface area (Å²) in [7, 11) is 1.97. The highest BCUT2D eigenvalue weighted by molar-refractivity contribution is 5.71. The molecule has 1 unspecified atom stereocenters. The van der Waals surface area contributed by atoms with E-state index in [0.717, 1.165) is 67.6 Å². The number of rotatable bonds is 11. The summed E-state index contributed by atoms with van der Waals surface area (Å²) < 4.78 is 5.84. The number of aldehydes is 1. The van der Waals surface area contributed by atoms with Crippen molar-refractivity contribution in [3.8, 4) is 17.0 Å². The first kappa shape index (κ1) is 33.0. The summed E-state index contributed by atoms with van der Waals surface area (Å²) in [5.41, 5.74) is 9.44. The molecule has 1 aromatic heterocycles. The second-order valence-corrected chi connectivity index (χ2v) is 9.22. The topological polar surface area (TPSA) is 139 Å². The van der Waals surface area contributed by atoms with Crippen molar-refractivity contribution in [2.24, 2.45) is 5.73 Å². The predicted molar refractivity (Wildman–Crippen MR) is 153 cm³/mol. The number of aromatic nitrogens is 2. The molecule has 0 radical (unpaired) electrons. The van der Waals surface area contributed by atoms with Crippen LogP contribution in [0.5, 0.6) is 5.75 Å². The van der Waals surface area contributed by atoms with Gasteiger partial charge in [-0.15, -0.1) is 10.2 Å². The number of benzene rings is 1. The molecule has 1 atom stereocenters. The van der Waals surface area contributed by atoms with Crippen LogP contribution in [-0.4, -0.2) is 47.7 Å². The molecule has 1 aliphatic rings. The fourth-order valence-electron chi connectivity index (χ4n) is 4.27. The first-order chi connectivity index (χ1) is 18.5. The lowest BCUT2D eigenvalue weighted by Gasteiger charge is -2.22. The van der Waals surface area contributed by atoms with E-state index in [-0.39, 0.29) is 12.2 Å². The molecule has 9 nitrogen and oxygen atoms in total. The maximum atomic E-state index is 9.95. The van der Waals surface area contributed by atoms with Crippen LogP contribution in [0.1, 0.15) is 88.8 Å². The number of fused-ring (bicyclic) bond motifs is 3. The smallest absolute Gasteiger partial charge is 0.204 e. The van der Waals surface area contributed by atoms with E-state index in [1.807, 2.05) is 20.0 Å². The van der Waals surface area contributed by atoms with Crippen molar-refractivity contribution in [3.05, 3.63) is 34.9 Å². The second-order valence-electron chi connectivity index (χ2n) is 9.22. The fourth-order valence-corrected chi connectivity index (χ4v) is 4.27. The SMILES string of the molecule is CCCC=O.CCCCCC(CC)Nc1nnc2c(c1CNC)CCCOCc1cc(O)ccc1-2.NC=O. The molecule has 38 heavy (non-hydrogen) atoms. The minimum absolute atomic E-state index is 0.248. The summed E-state index contributed by atoms with van der Waals surface area (Å²) in [5.74, 6) is 1.14. The Balaban J connectivity index is 0.000000794. The average molecular weight is 530 g/mol. The molecule has 1 aromatic carbocycles. The van der Waals surface area contributed by atoms with Crippen LogP contribution >= 0.6 is 0 Å². The van der Waals surface area contributed by atoms with Crippen molar-refractivity contribution in [3.63, 3.8) is 0 Å². The highest BCUT2D eigenvalue weighted by Gasteiger charge is 2.22. The lowest BCUT2D eigenvalue weighted by Crippen LogP contribution is -2.23. The summed E-state index contributed by atoms with van der Waals surface area (Å²) in [6.45, 7) is 8.35. The molecule has 2 heterocycles. The molecule has 5 N–H and O–H groups in total. The number of hydrogen-bond acceptors (Lipinski definition) is 8. The minimum Gasteiger partial charge on any atom is -0.508 e. The molecule has 1 aliphatic heterocycles. The van der Waals surface area contributed by atoms with Crippen molar-refractivity contribution in [2.45, 2.75) is 97.8 Å². The van der Waals surface area contributed by atoms with E-state index in [1.165, 1.54) is 30.4 Å². The van der Waals surface area contributed by atoms with Gasteiger partial charge in [-0.05, 0) is 68.5 Å². The van der Waals surface area contributed by atoms with Crippen LogP contribution in [0.3, 0.4) is 0 Å². The maximum Gasteiger partial charge on any atom is 0.204 e. The first-order valence-electron chi connectivity index (χ1n) is 13.8. The van der Waals surface area contributed by atoms with Gasteiger partial charge in [-0.1, -0.05) is 40.0 Å². The van der Waals surface area contributed by atoms with Gasteiger partial charge < -0.3 is 31.0 Å². The van der Waals surface area contributed by atoms with Gasteiger partial charge in [0.05, 0.1) is 12.3 Å². The van der Waals surface area contributed by atoms with Gasteiger partial charge in [0.2, 0.25) is 6.41 Å². The van der Waals surface area contributed by atoms with Gasteiger partial charge in [0.15, 0.2) is 5.82 Å². The van der Waals surface area contributed by atoms with Gasteiger partial charge in [0, 0.05) is 36.7 Å². The number of primary amides is 1. The number of nitrogens with one attached hydrogen (secondary N) is 2. The van der Waals surface area contributed by atoms with E-state index in [0.29, 0.717) is 25.7 Å². The van der Waals surface area contributed by atoms with Gasteiger partial charge in [0.25, 0.3) is 0 Å². The van der Waals surface area contributed by atoms with E-state index < -0.39 is 0 Å². The van der Waals surface area contributed by atoms with Crippen LogP contribution in [0.15, 0.2) is 18.2 Å². The Kier molecular flexibility index (Phi) is 17.4. The summed E-state index contributed by atoms with van der Waals surface area (Å²) in [4.78, 5) is 18.0. The van der Waals surface area contributed by atoms with Crippen LogP contribution in [0.2, 0.25) is 0 Å². The number of phenolic OH excluding ortho intramolecular Hbond substituents is 1. The van der Waals surface area contributed by atoms with Crippen LogP contribution in [-0.2, 0) is 33.9 Å². The zero-order valence-electron chi connectivity index (χ0n) is 23.6. The second kappa shape index (κ2) is 20.0. The zero-order chi connectivity index (χ0) is 28.2. The number of aromatic hydroxyl groups is 1. The molecule has 0 spiro atoms. The van der Waals surface area contributed by atoms with Gasteiger partial charge in [0.1, 0.15) is 12.0 Å². The molecular formula is C29H47N5O4. The first-order valence-corrected chi connectivity index (χ1v) is 13.8. The Morgan fingerprint density at radius 1 is 1.16 bits per heavy atom. The number of phenols is 1. The molecule has 1 amide bonds. The number of ether oxygens (including phenoxy) is 1. The summed E-state index contributed by atoms with van der Waals surface area (Å²) >= 11 is 0. The standard InChI is InChI=1S/C24H36N4O2.C4H8O.CH3NO/c1-4-6-7-9-18(5-2)26-24-22(15-25-3)21-10-8-13-30-16-17-14-19(29)11-12-20(17)23(21)27-28-24;1-2-3-4-5;2-1-3/h11-12,14,18,25,29H,4-10,13,15-16H2,1-3H3,(H,26,28);4H,2-3H2,1H3;1H,(H2,2,3). The van der Waals surface area contributed by atoms with Gasteiger partial charge in [-0.25, -0.2) is 0 Å². The molecule has 0 aliphatic carbocycles. The van der Waals surface area contributed by atoms with E-state index in [1.54, 1.807) is 12.1 Å². The maximum absolute atomic E-state index is 9.95. The van der Waals surface area contributed by atoms with Gasteiger partial charge in [-0.3, -0.25) is 4.79 Å². The van der Waals surface area contributed by atoms with Crippen molar-refractivity contribution in [2.75, 3.05) is 19.0 Å². The highest BCUT2D eigenvalue weighted by atomic mass is 16.5. The number of nitrogens with two attached hydrogens (primary N) is 1. The van der Waals surface area contributed by atoms with Crippen LogP contribution in [0.4, 0.5) is 5.82 Å². The lowest BCUT2D eigenvalue weighted by molar-refractivity contribution is -0.108. The van der Waals surface area contributed by atoms with Crippen molar-refractivity contribution in [1.29, 1.82) is 0 Å². The number of unbranched alkanes of at least 4 members (excludes halogenated alkanes) is 3. The summed E-state index contributed by atoms with van der Waals surface area (Å²) in [6.07, 6.45) is 10.6. The Morgan fingerprint density at radius 3 is 2.53 bits per heavy atom. The lowest BCUT2D eigenvalue weighted by atomic mass is 9.95. The minimum atomic E-state index is 0.248. The summed E-state index contributed by atoms with van der Waals surface area (Å²) in [6, 6.07) is 5.83. The zero-order valence-corrected chi connectivity index (χ0v) is 23.6. The molecule has 0 saturated heterocycles. The van der Waals surface area contributed by atoms with Crippen LogP contribution in [0, 0.1) is 0 Å². The number of carbonyl (C=O) groups is 2.